The van der Waals surface area contributed by atoms with Crippen molar-refractivity contribution in [2.75, 3.05) is 26.8 Å². The summed E-state index contributed by atoms with van der Waals surface area (Å²) in [7, 11) is 1.57. The lowest BCUT2D eigenvalue weighted by Gasteiger charge is -2.11. The molecule has 0 saturated heterocycles. The van der Waals surface area contributed by atoms with Crippen LogP contribution in [0.25, 0.3) is 0 Å². The summed E-state index contributed by atoms with van der Waals surface area (Å²) >= 11 is 0. The zero-order valence-electron chi connectivity index (χ0n) is 15.3. The zero-order valence-corrected chi connectivity index (χ0v) is 15.3. The molecule has 0 fully saturated rings. The number of para-hydroxylation sites is 2. The molecule has 2 N–H and O–H groups in total. The van der Waals surface area contributed by atoms with Gasteiger partial charge in [-0.3, -0.25) is 9.59 Å². The lowest BCUT2D eigenvalue weighted by Crippen LogP contribution is -2.38. The van der Waals surface area contributed by atoms with Crippen molar-refractivity contribution in [3.8, 4) is 11.5 Å². The van der Waals surface area contributed by atoms with E-state index in [4.69, 9.17) is 9.47 Å². The maximum atomic E-state index is 12.1. The van der Waals surface area contributed by atoms with Gasteiger partial charge in [-0.05, 0) is 49.2 Å². The minimum atomic E-state index is -0.272. The fraction of sp³-hybridized carbons (Fsp3) is 0.300. The number of carbonyl (C=O) groups excluding carboxylic acids is 2. The molecule has 0 atom stereocenters. The van der Waals surface area contributed by atoms with Crippen molar-refractivity contribution in [1.82, 2.24) is 10.6 Å². The monoisotopic (exact) mass is 356 g/mol. The molecule has 2 amide bonds. The van der Waals surface area contributed by atoms with E-state index in [0.717, 1.165) is 11.1 Å². The van der Waals surface area contributed by atoms with Crippen molar-refractivity contribution in [3.05, 3.63) is 59.2 Å². The van der Waals surface area contributed by atoms with Crippen LogP contribution in [-0.2, 0) is 4.79 Å². The molecular weight excluding hydrogens is 332 g/mol. The average molecular weight is 356 g/mol. The van der Waals surface area contributed by atoms with E-state index in [1.807, 2.05) is 38.1 Å². The van der Waals surface area contributed by atoms with Gasteiger partial charge in [-0.1, -0.05) is 18.2 Å². The van der Waals surface area contributed by atoms with E-state index in [1.54, 1.807) is 25.3 Å². The quantitative estimate of drug-likeness (QED) is 0.711. The number of carbonyl (C=O) groups is 2. The molecule has 0 aromatic heterocycles. The maximum absolute atomic E-state index is 12.1. The lowest BCUT2D eigenvalue weighted by molar-refractivity contribution is -0.120. The summed E-state index contributed by atoms with van der Waals surface area (Å²) < 4.78 is 10.8. The van der Waals surface area contributed by atoms with Gasteiger partial charge in [-0.25, -0.2) is 0 Å². The van der Waals surface area contributed by atoms with Crippen molar-refractivity contribution in [1.29, 1.82) is 0 Å². The highest BCUT2D eigenvalue weighted by molar-refractivity contribution is 5.96. The third-order valence-electron chi connectivity index (χ3n) is 3.93. The van der Waals surface area contributed by atoms with Gasteiger partial charge in [0.15, 0.2) is 11.5 Å². The summed E-state index contributed by atoms with van der Waals surface area (Å²) in [4.78, 5) is 23.9. The SMILES string of the molecule is COc1ccccc1OCCNC(=O)CNC(=O)c1ccc(C)c(C)c1. The van der Waals surface area contributed by atoms with Crippen LogP contribution in [0.3, 0.4) is 0 Å². The van der Waals surface area contributed by atoms with Crippen molar-refractivity contribution >= 4 is 11.8 Å². The Kier molecular flexibility index (Phi) is 7.02. The number of nitrogens with one attached hydrogen (secondary N) is 2. The Bertz CT molecular complexity index is 774. The number of methoxy groups -OCH3 is 1. The predicted molar refractivity (Wildman–Crippen MR) is 99.7 cm³/mol. The zero-order chi connectivity index (χ0) is 18.9. The predicted octanol–water partition coefficient (Wildman–Crippen LogP) is 2.24. The van der Waals surface area contributed by atoms with Crippen molar-refractivity contribution < 1.29 is 19.1 Å². The Labute approximate surface area is 153 Å². The third kappa shape index (κ3) is 5.51. The average Bonchev–Trinajstić information content (AvgIpc) is 2.65. The van der Waals surface area contributed by atoms with Crippen LogP contribution in [-0.4, -0.2) is 38.6 Å². The molecule has 0 spiro atoms. The lowest BCUT2D eigenvalue weighted by atomic mass is 10.1. The first-order valence-corrected chi connectivity index (χ1v) is 8.39. The largest absolute Gasteiger partial charge is 0.493 e. The van der Waals surface area contributed by atoms with Gasteiger partial charge >= 0.3 is 0 Å². The second-order valence-electron chi connectivity index (χ2n) is 5.83. The van der Waals surface area contributed by atoms with Gasteiger partial charge in [-0.15, -0.1) is 0 Å². The van der Waals surface area contributed by atoms with Crippen LogP contribution in [0.2, 0.25) is 0 Å². The molecule has 0 saturated carbocycles. The van der Waals surface area contributed by atoms with E-state index in [1.165, 1.54) is 0 Å². The Morgan fingerprint density at radius 1 is 0.962 bits per heavy atom. The molecule has 0 aliphatic heterocycles. The van der Waals surface area contributed by atoms with Crippen molar-refractivity contribution in [3.63, 3.8) is 0 Å². The summed E-state index contributed by atoms with van der Waals surface area (Å²) in [5.41, 5.74) is 2.70. The van der Waals surface area contributed by atoms with E-state index in [0.29, 0.717) is 30.2 Å². The van der Waals surface area contributed by atoms with Crippen LogP contribution < -0.4 is 20.1 Å². The number of rotatable bonds is 8. The summed E-state index contributed by atoms with van der Waals surface area (Å²) in [6.07, 6.45) is 0. The number of hydrogen-bond acceptors (Lipinski definition) is 4. The maximum Gasteiger partial charge on any atom is 0.251 e. The molecule has 0 aliphatic carbocycles. The summed E-state index contributed by atoms with van der Waals surface area (Å²) in [5, 5.41) is 5.31. The van der Waals surface area contributed by atoms with E-state index < -0.39 is 0 Å². The molecule has 0 aliphatic rings. The third-order valence-corrected chi connectivity index (χ3v) is 3.93. The second-order valence-corrected chi connectivity index (χ2v) is 5.83. The summed E-state index contributed by atoms with van der Waals surface area (Å²) in [6.45, 7) is 4.48. The van der Waals surface area contributed by atoms with Crippen LogP contribution in [0, 0.1) is 13.8 Å². The number of ether oxygens (including phenoxy) is 2. The second kappa shape index (κ2) is 9.46. The van der Waals surface area contributed by atoms with Crippen LogP contribution in [0.5, 0.6) is 11.5 Å². The van der Waals surface area contributed by atoms with E-state index in [-0.39, 0.29) is 18.4 Å². The number of aryl methyl sites for hydroxylation is 2. The van der Waals surface area contributed by atoms with Gasteiger partial charge in [0.05, 0.1) is 20.2 Å². The molecule has 0 bridgehead atoms. The summed E-state index contributed by atoms with van der Waals surface area (Å²) in [6, 6.07) is 12.7. The highest BCUT2D eigenvalue weighted by atomic mass is 16.5. The first-order valence-electron chi connectivity index (χ1n) is 8.39. The first-order chi connectivity index (χ1) is 12.5. The van der Waals surface area contributed by atoms with Gasteiger partial charge in [0.2, 0.25) is 5.91 Å². The highest BCUT2D eigenvalue weighted by Crippen LogP contribution is 2.25. The Balaban J connectivity index is 1.70. The molecule has 6 heteroatoms. The Morgan fingerprint density at radius 2 is 1.69 bits per heavy atom. The Hall–Kier alpha value is -3.02. The van der Waals surface area contributed by atoms with Crippen LogP contribution in [0.4, 0.5) is 0 Å². The van der Waals surface area contributed by atoms with Crippen LogP contribution in [0.15, 0.2) is 42.5 Å². The molecular formula is C20H24N2O4. The Morgan fingerprint density at radius 3 is 2.38 bits per heavy atom. The standard InChI is InChI=1S/C20H24N2O4/c1-14-8-9-16(12-15(14)2)20(24)22-13-19(23)21-10-11-26-18-7-5-4-6-17(18)25-3/h4-9,12H,10-11,13H2,1-3H3,(H,21,23)(H,22,24). The molecule has 0 unspecified atom stereocenters. The van der Waals surface area contributed by atoms with E-state index in [9.17, 15) is 9.59 Å². The minimum Gasteiger partial charge on any atom is -0.493 e. The fourth-order valence-electron chi connectivity index (χ4n) is 2.30. The molecule has 0 radical (unpaired) electrons. The van der Waals surface area contributed by atoms with Crippen LogP contribution in [0.1, 0.15) is 21.5 Å². The van der Waals surface area contributed by atoms with Crippen molar-refractivity contribution in [2.24, 2.45) is 0 Å². The normalized spacial score (nSPS) is 10.1. The molecule has 0 heterocycles. The van der Waals surface area contributed by atoms with Gasteiger partial charge in [0.1, 0.15) is 6.61 Å². The smallest absolute Gasteiger partial charge is 0.251 e. The first kappa shape index (κ1) is 19.3. The van der Waals surface area contributed by atoms with E-state index >= 15 is 0 Å². The molecule has 2 rings (SSSR count). The van der Waals surface area contributed by atoms with E-state index in [2.05, 4.69) is 10.6 Å². The minimum absolute atomic E-state index is 0.0829. The molecule has 6 nitrogen and oxygen atoms in total. The molecule has 2 aromatic carbocycles. The van der Waals surface area contributed by atoms with Gasteiger partial charge < -0.3 is 20.1 Å². The van der Waals surface area contributed by atoms with Gasteiger partial charge in [0.25, 0.3) is 5.91 Å². The molecule has 2 aromatic rings. The van der Waals surface area contributed by atoms with Crippen LogP contribution >= 0.6 is 0 Å². The number of amides is 2. The highest BCUT2D eigenvalue weighted by Gasteiger charge is 2.09. The fourth-order valence-corrected chi connectivity index (χ4v) is 2.30. The topological polar surface area (TPSA) is 76.7 Å². The number of benzene rings is 2. The van der Waals surface area contributed by atoms with Gasteiger partial charge in [-0.2, -0.15) is 0 Å². The molecule has 26 heavy (non-hydrogen) atoms. The van der Waals surface area contributed by atoms with Gasteiger partial charge in [0, 0.05) is 5.56 Å². The summed E-state index contributed by atoms with van der Waals surface area (Å²) in [5.74, 6) is 0.714. The van der Waals surface area contributed by atoms with Crippen molar-refractivity contribution in [2.45, 2.75) is 13.8 Å². The molecule has 138 valence electrons. The number of hydrogen-bond donors (Lipinski definition) is 2.